The van der Waals surface area contributed by atoms with Crippen molar-refractivity contribution in [2.75, 3.05) is 40.8 Å². The van der Waals surface area contributed by atoms with Crippen LogP contribution in [0.4, 0.5) is 0 Å². The fraction of sp³-hybridized carbons (Fsp3) is 0.438. The third kappa shape index (κ3) is 5.04. The van der Waals surface area contributed by atoms with Gasteiger partial charge < -0.3 is 15.5 Å². The monoisotopic (exact) mass is 273 g/mol. The van der Waals surface area contributed by atoms with Crippen LogP contribution in [0.5, 0.6) is 0 Å². The van der Waals surface area contributed by atoms with Crippen LogP contribution in [0, 0.1) is 18.8 Å². The van der Waals surface area contributed by atoms with E-state index in [0.717, 1.165) is 17.7 Å². The summed E-state index contributed by atoms with van der Waals surface area (Å²) in [6, 6.07) is 5.67. The summed E-state index contributed by atoms with van der Waals surface area (Å²) in [5.41, 5.74) is 7.91. The number of hydrogen-bond donors (Lipinski definition) is 1. The van der Waals surface area contributed by atoms with Crippen LogP contribution in [-0.4, -0.2) is 56.5 Å². The Balaban J connectivity index is 2.89. The van der Waals surface area contributed by atoms with E-state index in [1.165, 1.54) is 0 Å². The molecule has 4 nitrogen and oxygen atoms in total. The number of hydrogen-bond acceptors (Lipinski definition) is 3. The minimum atomic E-state index is 0.0198. The van der Waals surface area contributed by atoms with Gasteiger partial charge in [-0.1, -0.05) is 11.8 Å². The molecule has 0 aliphatic rings. The second-order valence-corrected chi connectivity index (χ2v) is 5.12. The maximum atomic E-state index is 12.4. The lowest BCUT2D eigenvalue weighted by atomic mass is 10.1. The molecule has 1 aromatic rings. The molecular formula is C16H23N3O. The predicted octanol–water partition coefficient (Wildman–Crippen LogP) is 0.939. The van der Waals surface area contributed by atoms with Crippen LogP contribution in [-0.2, 0) is 0 Å². The molecule has 0 aromatic heterocycles. The summed E-state index contributed by atoms with van der Waals surface area (Å²) in [6.07, 6.45) is 0. The van der Waals surface area contributed by atoms with E-state index in [2.05, 4.69) is 16.7 Å². The van der Waals surface area contributed by atoms with Gasteiger partial charge in [-0.25, -0.2) is 0 Å². The van der Waals surface area contributed by atoms with E-state index < -0.39 is 0 Å². The van der Waals surface area contributed by atoms with Gasteiger partial charge in [0.1, 0.15) is 0 Å². The Morgan fingerprint density at radius 2 is 1.90 bits per heavy atom. The molecule has 0 radical (unpaired) electrons. The summed E-state index contributed by atoms with van der Waals surface area (Å²) in [5.74, 6) is 5.81. The summed E-state index contributed by atoms with van der Waals surface area (Å²) in [7, 11) is 5.80. The first-order valence-electron chi connectivity index (χ1n) is 6.65. The smallest absolute Gasteiger partial charge is 0.253 e. The molecule has 1 rings (SSSR count). The van der Waals surface area contributed by atoms with Crippen molar-refractivity contribution in [3.05, 3.63) is 34.9 Å². The molecular weight excluding hydrogens is 250 g/mol. The Bertz CT molecular complexity index is 526. The number of aryl methyl sites for hydroxylation is 1. The molecule has 1 aromatic carbocycles. The van der Waals surface area contributed by atoms with Crippen LogP contribution < -0.4 is 5.73 Å². The van der Waals surface area contributed by atoms with E-state index in [1.807, 2.05) is 46.3 Å². The average Bonchev–Trinajstić information content (AvgIpc) is 2.41. The highest BCUT2D eigenvalue weighted by atomic mass is 16.2. The summed E-state index contributed by atoms with van der Waals surface area (Å²) < 4.78 is 0. The maximum Gasteiger partial charge on any atom is 0.253 e. The van der Waals surface area contributed by atoms with Crippen LogP contribution in [0.3, 0.4) is 0 Å². The molecule has 0 atom stereocenters. The van der Waals surface area contributed by atoms with Gasteiger partial charge in [0.05, 0.1) is 6.54 Å². The van der Waals surface area contributed by atoms with E-state index in [-0.39, 0.29) is 5.91 Å². The fourth-order valence-corrected chi connectivity index (χ4v) is 1.80. The zero-order chi connectivity index (χ0) is 15.1. The van der Waals surface area contributed by atoms with Crippen LogP contribution in [0.15, 0.2) is 18.2 Å². The molecule has 0 aliphatic carbocycles. The summed E-state index contributed by atoms with van der Waals surface area (Å²) in [6.45, 7) is 3.82. The number of nitrogens with two attached hydrogens (primary N) is 1. The topological polar surface area (TPSA) is 49.6 Å². The quantitative estimate of drug-likeness (QED) is 0.831. The van der Waals surface area contributed by atoms with E-state index in [9.17, 15) is 4.79 Å². The molecule has 0 fully saturated rings. The highest BCUT2D eigenvalue weighted by Crippen LogP contribution is 2.11. The minimum absolute atomic E-state index is 0.0198. The average molecular weight is 273 g/mol. The Kier molecular flexibility index (Phi) is 6.23. The van der Waals surface area contributed by atoms with E-state index >= 15 is 0 Å². The molecule has 0 unspecified atom stereocenters. The van der Waals surface area contributed by atoms with Crippen LogP contribution in [0.1, 0.15) is 21.5 Å². The lowest BCUT2D eigenvalue weighted by molar-refractivity contribution is 0.0786. The Labute approximate surface area is 121 Å². The number of carbonyl (C=O) groups is 1. The van der Waals surface area contributed by atoms with Crippen LogP contribution in [0.2, 0.25) is 0 Å². The van der Waals surface area contributed by atoms with Gasteiger partial charge in [0.2, 0.25) is 0 Å². The third-order valence-corrected chi connectivity index (χ3v) is 2.89. The largest absolute Gasteiger partial charge is 0.340 e. The third-order valence-electron chi connectivity index (χ3n) is 2.89. The lowest BCUT2D eigenvalue weighted by Gasteiger charge is -2.20. The SMILES string of the molecule is Cc1cc(C#CCN)cc(C(=O)N(C)CCN(C)C)c1. The van der Waals surface area contributed by atoms with Crippen molar-refractivity contribution in [1.82, 2.24) is 9.80 Å². The van der Waals surface area contributed by atoms with Gasteiger partial charge in [-0.15, -0.1) is 0 Å². The molecule has 0 saturated heterocycles. The molecule has 2 N–H and O–H groups in total. The molecule has 108 valence electrons. The van der Waals surface area contributed by atoms with Crippen molar-refractivity contribution < 1.29 is 4.79 Å². The molecule has 1 amide bonds. The van der Waals surface area contributed by atoms with Gasteiger partial charge in [0.15, 0.2) is 0 Å². The van der Waals surface area contributed by atoms with Crippen LogP contribution >= 0.6 is 0 Å². The predicted molar refractivity (Wildman–Crippen MR) is 82.6 cm³/mol. The first kappa shape index (κ1) is 16.2. The number of rotatable bonds is 4. The van der Waals surface area contributed by atoms with E-state index in [1.54, 1.807) is 4.90 Å². The number of amides is 1. The molecule has 0 heterocycles. The van der Waals surface area contributed by atoms with Crippen LogP contribution in [0.25, 0.3) is 0 Å². The van der Waals surface area contributed by atoms with Crippen molar-refractivity contribution in [2.24, 2.45) is 5.73 Å². The Morgan fingerprint density at radius 3 is 2.50 bits per heavy atom. The minimum Gasteiger partial charge on any atom is -0.340 e. The molecule has 0 aliphatic heterocycles. The molecule has 4 heteroatoms. The number of likely N-dealkylation sites (N-methyl/N-ethyl adjacent to an activating group) is 2. The standard InChI is InChI=1S/C16H23N3O/c1-13-10-14(6-5-7-17)12-15(11-13)16(20)19(4)9-8-18(2)3/h10-12H,7-9,17H2,1-4H3. The molecule has 20 heavy (non-hydrogen) atoms. The van der Waals surface area contributed by atoms with Crippen molar-refractivity contribution in [3.8, 4) is 11.8 Å². The molecule has 0 bridgehead atoms. The highest BCUT2D eigenvalue weighted by Gasteiger charge is 2.12. The fourth-order valence-electron chi connectivity index (χ4n) is 1.80. The summed E-state index contributed by atoms with van der Waals surface area (Å²) >= 11 is 0. The first-order valence-corrected chi connectivity index (χ1v) is 6.65. The zero-order valence-electron chi connectivity index (χ0n) is 12.7. The van der Waals surface area contributed by atoms with Gasteiger partial charge in [0.25, 0.3) is 5.91 Å². The van der Waals surface area contributed by atoms with Crippen molar-refractivity contribution in [2.45, 2.75) is 6.92 Å². The molecule has 0 saturated carbocycles. The second kappa shape index (κ2) is 7.68. The summed E-state index contributed by atoms with van der Waals surface area (Å²) in [4.78, 5) is 16.2. The van der Waals surface area contributed by atoms with E-state index in [0.29, 0.717) is 18.7 Å². The van der Waals surface area contributed by atoms with Gasteiger partial charge >= 0.3 is 0 Å². The molecule has 0 spiro atoms. The number of nitrogens with zero attached hydrogens (tertiary/aromatic N) is 2. The summed E-state index contributed by atoms with van der Waals surface area (Å²) in [5, 5.41) is 0. The van der Waals surface area contributed by atoms with E-state index in [4.69, 9.17) is 5.73 Å². The lowest BCUT2D eigenvalue weighted by Crippen LogP contribution is -2.33. The zero-order valence-corrected chi connectivity index (χ0v) is 12.7. The number of benzene rings is 1. The van der Waals surface area contributed by atoms with Crippen molar-refractivity contribution in [3.63, 3.8) is 0 Å². The van der Waals surface area contributed by atoms with Crippen molar-refractivity contribution in [1.29, 1.82) is 0 Å². The van der Waals surface area contributed by atoms with Gasteiger partial charge in [-0.05, 0) is 44.8 Å². The maximum absolute atomic E-state index is 12.4. The van der Waals surface area contributed by atoms with Gasteiger partial charge in [0, 0.05) is 31.3 Å². The first-order chi connectivity index (χ1) is 9.43. The number of carbonyl (C=O) groups excluding carboxylic acids is 1. The Hall–Kier alpha value is -1.83. The second-order valence-electron chi connectivity index (χ2n) is 5.12. The normalized spacial score (nSPS) is 10.1. The highest BCUT2D eigenvalue weighted by molar-refractivity contribution is 5.94. The Morgan fingerprint density at radius 1 is 1.20 bits per heavy atom. The van der Waals surface area contributed by atoms with Gasteiger partial charge in [-0.2, -0.15) is 0 Å². The van der Waals surface area contributed by atoms with Gasteiger partial charge in [-0.3, -0.25) is 4.79 Å². The van der Waals surface area contributed by atoms with Crippen molar-refractivity contribution >= 4 is 5.91 Å².